The summed E-state index contributed by atoms with van der Waals surface area (Å²) < 4.78 is 10.7. The Morgan fingerprint density at radius 2 is 1.00 bits per heavy atom. The zero-order valence-electron chi connectivity index (χ0n) is 17.1. The van der Waals surface area contributed by atoms with Gasteiger partial charge in [0, 0.05) is 0 Å². The molecule has 0 amide bonds. The first-order valence-corrected chi connectivity index (χ1v) is 10.6. The number of carbonyl (C=O) groups is 2. The Morgan fingerprint density at radius 1 is 0.630 bits per heavy atom. The fourth-order valence-electron chi connectivity index (χ4n) is 2.91. The van der Waals surface area contributed by atoms with Gasteiger partial charge in [-0.25, -0.2) is 9.59 Å². The van der Waals surface area contributed by atoms with E-state index in [0.29, 0.717) is 24.3 Å². The van der Waals surface area contributed by atoms with Gasteiger partial charge in [-0.15, -0.1) is 0 Å². The molecular formula is C23H36O4. The van der Waals surface area contributed by atoms with Crippen molar-refractivity contribution in [3.8, 4) is 0 Å². The molecule has 0 aliphatic carbocycles. The predicted octanol–water partition coefficient (Wildman–Crippen LogP) is 6.33. The van der Waals surface area contributed by atoms with E-state index in [-0.39, 0.29) is 0 Å². The highest BCUT2D eigenvalue weighted by Crippen LogP contribution is 2.13. The Hall–Kier alpha value is -1.84. The van der Waals surface area contributed by atoms with Gasteiger partial charge in [0.1, 0.15) is 0 Å². The first-order chi connectivity index (χ1) is 13.2. The standard InChI is InChI=1S/C23H36O4/c1-3-5-7-9-11-15-19-27-23(25)21-17-13-12-16-20(21)22(24)26-18-14-10-8-6-4-2/h12-13,16-17H,3-11,14-15,18-19H2,1-2H3. The Labute approximate surface area is 164 Å². The van der Waals surface area contributed by atoms with Crippen LogP contribution in [0.3, 0.4) is 0 Å². The third-order valence-electron chi connectivity index (χ3n) is 4.58. The second-order valence-electron chi connectivity index (χ2n) is 7.00. The van der Waals surface area contributed by atoms with Crippen LogP contribution in [0.4, 0.5) is 0 Å². The summed E-state index contributed by atoms with van der Waals surface area (Å²) in [5, 5.41) is 0. The number of hydrogen-bond acceptors (Lipinski definition) is 4. The van der Waals surface area contributed by atoms with Crippen molar-refractivity contribution >= 4 is 11.9 Å². The number of hydrogen-bond donors (Lipinski definition) is 0. The highest BCUT2D eigenvalue weighted by Gasteiger charge is 2.18. The molecule has 1 aromatic rings. The molecule has 0 unspecified atom stereocenters. The van der Waals surface area contributed by atoms with E-state index >= 15 is 0 Å². The van der Waals surface area contributed by atoms with Crippen molar-refractivity contribution in [3.63, 3.8) is 0 Å². The Balaban J connectivity index is 2.38. The van der Waals surface area contributed by atoms with Crippen LogP contribution < -0.4 is 0 Å². The van der Waals surface area contributed by atoms with Crippen LogP contribution in [0.5, 0.6) is 0 Å². The molecule has 0 radical (unpaired) electrons. The molecule has 0 aliphatic heterocycles. The molecule has 0 heterocycles. The van der Waals surface area contributed by atoms with Crippen molar-refractivity contribution in [3.05, 3.63) is 35.4 Å². The van der Waals surface area contributed by atoms with Crippen molar-refractivity contribution in [2.75, 3.05) is 13.2 Å². The fraction of sp³-hybridized carbons (Fsp3) is 0.652. The lowest BCUT2D eigenvalue weighted by molar-refractivity contribution is 0.0450. The summed E-state index contributed by atoms with van der Waals surface area (Å²) in [5.74, 6) is -0.892. The quantitative estimate of drug-likeness (QED) is 0.265. The fourth-order valence-corrected chi connectivity index (χ4v) is 2.91. The lowest BCUT2D eigenvalue weighted by Gasteiger charge is -2.10. The molecule has 0 aliphatic rings. The maximum atomic E-state index is 12.3. The molecule has 4 nitrogen and oxygen atoms in total. The van der Waals surface area contributed by atoms with E-state index in [1.165, 1.54) is 38.5 Å². The van der Waals surface area contributed by atoms with Gasteiger partial charge in [0.25, 0.3) is 0 Å². The molecule has 1 rings (SSSR count). The maximum Gasteiger partial charge on any atom is 0.339 e. The summed E-state index contributed by atoms with van der Waals surface area (Å²) in [5.41, 5.74) is 0.582. The zero-order valence-corrected chi connectivity index (χ0v) is 17.1. The molecule has 1 aromatic carbocycles. The molecule has 0 bridgehead atoms. The van der Waals surface area contributed by atoms with Crippen molar-refractivity contribution in [1.82, 2.24) is 0 Å². The summed E-state index contributed by atoms with van der Waals surface area (Å²) in [7, 11) is 0. The second-order valence-corrected chi connectivity index (χ2v) is 7.00. The van der Waals surface area contributed by atoms with Crippen molar-refractivity contribution in [2.45, 2.75) is 84.5 Å². The number of unbranched alkanes of at least 4 members (excludes halogenated alkanes) is 9. The lowest BCUT2D eigenvalue weighted by Crippen LogP contribution is -2.15. The molecular weight excluding hydrogens is 340 g/mol. The van der Waals surface area contributed by atoms with Crippen LogP contribution >= 0.6 is 0 Å². The second kappa shape index (κ2) is 15.2. The summed E-state index contributed by atoms with van der Waals surface area (Å²) in [6.45, 7) is 5.15. The molecule has 27 heavy (non-hydrogen) atoms. The van der Waals surface area contributed by atoms with Gasteiger partial charge in [-0.1, -0.05) is 83.8 Å². The average molecular weight is 377 g/mol. The van der Waals surface area contributed by atoms with Crippen molar-refractivity contribution < 1.29 is 19.1 Å². The number of ether oxygens (including phenoxy) is 2. The number of esters is 2. The zero-order chi connectivity index (χ0) is 19.7. The van der Waals surface area contributed by atoms with Gasteiger partial charge in [-0.05, 0) is 25.0 Å². The van der Waals surface area contributed by atoms with E-state index in [1.807, 2.05) is 0 Å². The van der Waals surface area contributed by atoms with E-state index in [9.17, 15) is 9.59 Å². The highest BCUT2D eigenvalue weighted by atomic mass is 16.5. The van der Waals surface area contributed by atoms with E-state index in [2.05, 4.69) is 13.8 Å². The van der Waals surface area contributed by atoms with Crippen LogP contribution in [0.1, 0.15) is 105 Å². The summed E-state index contributed by atoms with van der Waals surface area (Å²) in [6, 6.07) is 6.73. The van der Waals surface area contributed by atoms with Crippen LogP contribution in [0.2, 0.25) is 0 Å². The Kier molecular flexibility index (Phi) is 13.1. The van der Waals surface area contributed by atoms with Crippen LogP contribution in [0.15, 0.2) is 24.3 Å². The SMILES string of the molecule is CCCCCCCCOC(=O)c1ccccc1C(=O)OCCCCCCC. The van der Waals surface area contributed by atoms with E-state index < -0.39 is 11.9 Å². The molecule has 0 fully saturated rings. The van der Waals surface area contributed by atoms with Crippen LogP contribution in [-0.2, 0) is 9.47 Å². The van der Waals surface area contributed by atoms with Gasteiger partial charge in [0.05, 0.1) is 24.3 Å². The molecule has 152 valence electrons. The highest BCUT2D eigenvalue weighted by molar-refractivity contribution is 6.03. The Bertz CT molecular complexity index is 539. The minimum atomic E-state index is -0.447. The third-order valence-corrected chi connectivity index (χ3v) is 4.58. The monoisotopic (exact) mass is 376 g/mol. The minimum Gasteiger partial charge on any atom is -0.462 e. The van der Waals surface area contributed by atoms with E-state index in [1.54, 1.807) is 24.3 Å². The molecule has 0 spiro atoms. The van der Waals surface area contributed by atoms with Crippen LogP contribution in [0, 0.1) is 0 Å². The van der Waals surface area contributed by atoms with Gasteiger partial charge < -0.3 is 9.47 Å². The molecule has 0 N–H and O–H groups in total. The molecule has 4 heteroatoms. The number of benzene rings is 1. The van der Waals surface area contributed by atoms with Crippen LogP contribution in [-0.4, -0.2) is 25.2 Å². The third kappa shape index (κ3) is 10.2. The summed E-state index contributed by atoms with van der Waals surface area (Å²) >= 11 is 0. The normalized spacial score (nSPS) is 10.6. The van der Waals surface area contributed by atoms with Gasteiger partial charge in [-0.3, -0.25) is 0 Å². The summed E-state index contributed by atoms with van der Waals surface area (Å²) in [4.78, 5) is 24.6. The molecule has 0 aromatic heterocycles. The molecule has 0 saturated carbocycles. The molecule has 0 atom stereocenters. The first-order valence-electron chi connectivity index (χ1n) is 10.6. The van der Waals surface area contributed by atoms with E-state index in [4.69, 9.17) is 9.47 Å². The van der Waals surface area contributed by atoms with Gasteiger partial charge in [0.2, 0.25) is 0 Å². The maximum absolute atomic E-state index is 12.3. The number of rotatable bonds is 15. The number of carbonyl (C=O) groups excluding carboxylic acids is 2. The minimum absolute atomic E-state index is 0.291. The summed E-state index contributed by atoms with van der Waals surface area (Å²) in [6.07, 6.45) is 12.3. The first kappa shape index (κ1) is 23.2. The smallest absolute Gasteiger partial charge is 0.339 e. The van der Waals surface area contributed by atoms with Gasteiger partial charge >= 0.3 is 11.9 Å². The van der Waals surface area contributed by atoms with Crippen molar-refractivity contribution in [1.29, 1.82) is 0 Å². The van der Waals surface area contributed by atoms with Crippen LogP contribution in [0.25, 0.3) is 0 Å². The average Bonchev–Trinajstić information content (AvgIpc) is 2.69. The predicted molar refractivity (Wildman–Crippen MR) is 109 cm³/mol. The topological polar surface area (TPSA) is 52.6 Å². The van der Waals surface area contributed by atoms with Gasteiger partial charge in [0.15, 0.2) is 0 Å². The van der Waals surface area contributed by atoms with E-state index in [0.717, 1.165) is 32.1 Å². The van der Waals surface area contributed by atoms with Gasteiger partial charge in [-0.2, -0.15) is 0 Å². The Morgan fingerprint density at radius 3 is 1.41 bits per heavy atom. The molecule has 0 saturated heterocycles. The lowest BCUT2D eigenvalue weighted by atomic mass is 10.1. The largest absolute Gasteiger partial charge is 0.462 e. The van der Waals surface area contributed by atoms with Crippen molar-refractivity contribution in [2.24, 2.45) is 0 Å².